The maximum absolute atomic E-state index is 11.9. The lowest BCUT2D eigenvalue weighted by atomic mass is 10.2. The van der Waals surface area contributed by atoms with Crippen molar-refractivity contribution < 1.29 is 17.9 Å². The van der Waals surface area contributed by atoms with E-state index >= 15 is 0 Å². The molecule has 0 unspecified atom stereocenters. The first-order valence-corrected chi connectivity index (χ1v) is 5.92. The number of aromatic nitrogens is 2. The van der Waals surface area contributed by atoms with Crippen molar-refractivity contribution in [2.45, 2.75) is 32.4 Å². The minimum absolute atomic E-state index is 0.0842. The van der Waals surface area contributed by atoms with Crippen LogP contribution in [0.15, 0.2) is 6.07 Å². The van der Waals surface area contributed by atoms with E-state index in [1.807, 2.05) is 6.92 Å². The number of nitrogens with zero attached hydrogens (tertiary/aromatic N) is 2. The number of ether oxygens (including phenoxy) is 1. The first-order valence-electron chi connectivity index (χ1n) is 5.92. The van der Waals surface area contributed by atoms with Gasteiger partial charge in [0.15, 0.2) is 0 Å². The summed E-state index contributed by atoms with van der Waals surface area (Å²) in [6.45, 7) is 0.659. The molecule has 1 aromatic rings. The largest absolute Gasteiger partial charge is 0.411 e. The Morgan fingerprint density at radius 3 is 2.63 bits per heavy atom. The Labute approximate surface area is 109 Å². The maximum atomic E-state index is 11.9. The SMILES string of the molecule is CCCc1cc(NN)nc(CCOCC(F)(F)F)n1. The van der Waals surface area contributed by atoms with E-state index in [1.165, 1.54) is 0 Å². The van der Waals surface area contributed by atoms with Gasteiger partial charge >= 0.3 is 6.18 Å². The summed E-state index contributed by atoms with van der Waals surface area (Å²) in [4.78, 5) is 8.30. The number of nitrogens with one attached hydrogen (secondary N) is 1. The summed E-state index contributed by atoms with van der Waals surface area (Å²) in [5.74, 6) is 6.14. The van der Waals surface area contributed by atoms with Gasteiger partial charge in [-0.1, -0.05) is 13.3 Å². The van der Waals surface area contributed by atoms with Crippen molar-refractivity contribution in [1.82, 2.24) is 9.97 Å². The summed E-state index contributed by atoms with van der Waals surface area (Å²) in [5.41, 5.74) is 3.21. The number of aryl methyl sites for hydroxylation is 1. The average Bonchev–Trinajstić information content (AvgIpc) is 2.34. The fourth-order valence-electron chi connectivity index (χ4n) is 1.47. The molecule has 0 saturated heterocycles. The lowest BCUT2D eigenvalue weighted by Gasteiger charge is -2.09. The molecular formula is C11H17F3N4O. The highest BCUT2D eigenvalue weighted by Crippen LogP contribution is 2.14. The van der Waals surface area contributed by atoms with Gasteiger partial charge in [-0.3, -0.25) is 0 Å². The fourth-order valence-corrected chi connectivity index (χ4v) is 1.47. The van der Waals surface area contributed by atoms with Gasteiger partial charge in [-0.15, -0.1) is 0 Å². The van der Waals surface area contributed by atoms with Crippen LogP contribution in [0.25, 0.3) is 0 Å². The van der Waals surface area contributed by atoms with E-state index in [4.69, 9.17) is 5.84 Å². The zero-order chi connectivity index (χ0) is 14.3. The average molecular weight is 278 g/mol. The number of halogens is 3. The zero-order valence-corrected chi connectivity index (χ0v) is 10.6. The van der Waals surface area contributed by atoms with Crippen molar-refractivity contribution in [3.63, 3.8) is 0 Å². The third kappa shape index (κ3) is 6.35. The Kier molecular flexibility index (Phi) is 5.97. The summed E-state index contributed by atoms with van der Waals surface area (Å²) in [7, 11) is 0. The predicted octanol–water partition coefficient (Wildman–Crippen LogP) is 1.84. The summed E-state index contributed by atoms with van der Waals surface area (Å²) in [5, 5.41) is 0. The molecule has 19 heavy (non-hydrogen) atoms. The smallest absolute Gasteiger partial charge is 0.372 e. The molecule has 0 amide bonds. The molecule has 0 aliphatic rings. The molecule has 0 radical (unpaired) electrons. The standard InChI is InChI=1S/C11H17F3N4O/c1-2-3-8-6-10(18-15)17-9(16-8)4-5-19-7-11(12,13)14/h6H,2-5,7,15H2,1H3,(H,16,17,18). The molecule has 0 saturated carbocycles. The van der Waals surface area contributed by atoms with Crippen LogP contribution >= 0.6 is 0 Å². The maximum Gasteiger partial charge on any atom is 0.411 e. The van der Waals surface area contributed by atoms with Crippen LogP contribution < -0.4 is 11.3 Å². The Hall–Kier alpha value is -1.41. The lowest BCUT2D eigenvalue weighted by molar-refractivity contribution is -0.173. The van der Waals surface area contributed by atoms with Crippen molar-refractivity contribution in [2.24, 2.45) is 5.84 Å². The van der Waals surface area contributed by atoms with Gasteiger partial charge in [-0.2, -0.15) is 13.2 Å². The van der Waals surface area contributed by atoms with Crippen LogP contribution in [0.4, 0.5) is 19.0 Å². The molecule has 0 spiro atoms. The molecule has 0 bridgehead atoms. The molecule has 0 fully saturated rings. The van der Waals surface area contributed by atoms with Crippen LogP contribution in [0, 0.1) is 0 Å². The van der Waals surface area contributed by atoms with E-state index < -0.39 is 12.8 Å². The Morgan fingerprint density at radius 1 is 1.32 bits per heavy atom. The van der Waals surface area contributed by atoms with E-state index in [1.54, 1.807) is 6.07 Å². The van der Waals surface area contributed by atoms with Crippen LogP contribution in [0.1, 0.15) is 24.9 Å². The molecule has 1 aromatic heterocycles. The van der Waals surface area contributed by atoms with E-state index in [9.17, 15) is 13.2 Å². The summed E-state index contributed by atoms with van der Waals surface area (Å²) < 4.78 is 40.2. The number of nitrogen functional groups attached to an aromatic ring is 1. The topological polar surface area (TPSA) is 73.1 Å². The Bertz CT molecular complexity index is 398. The van der Waals surface area contributed by atoms with Gasteiger partial charge in [-0.25, -0.2) is 15.8 Å². The van der Waals surface area contributed by atoms with Gasteiger partial charge in [0.1, 0.15) is 18.2 Å². The molecule has 0 aliphatic carbocycles. The molecular weight excluding hydrogens is 261 g/mol. The van der Waals surface area contributed by atoms with Gasteiger partial charge in [0, 0.05) is 18.2 Å². The van der Waals surface area contributed by atoms with Gasteiger partial charge in [0.2, 0.25) is 0 Å². The predicted molar refractivity (Wildman–Crippen MR) is 64.4 cm³/mol. The number of anilines is 1. The number of nitrogens with two attached hydrogens (primary N) is 1. The summed E-state index contributed by atoms with van der Waals surface area (Å²) >= 11 is 0. The number of rotatable bonds is 7. The molecule has 0 atom stereocenters. The second-order valence-electron chi connectivity index (χ2n) is 3.97. The number of hydrogen-bond donors (Lipinski definition) is 2. The van der Waals surface area contributed by atoms with Gasteiger partial charge in [0.25, 0.3) is 0 Å². The second kappa shape index (κ2) is 7.25. The highest BCUT2D eigenvalue weighted by molar-refractivity contribution is 5.34. The molecule has 1 rings (SSSR count). The summed E-state index contributed by atoms with van der Waals surface area (Å²) in [6.07, 6.45) is -2.43. The molecule has 0 aliphatic heterocycles. The molecule has 8 heteroatoms. The van der Waals surface area contributed by atoms with Gasteiger partial charge in [0.05, 0.1) is 6.61 Å². The minimum atomic E-state index is -4.31. The van der Waals surface area contributed by atoms with Crippen LogP contribution in [0.2, 0.25) is 0 Å². The normalized spacial score (nSPS) is 11.6. The Balaban J connectivity index is 2.54. The van der Waals surface area contributed by atoms with Crippen molar-refractivity contribution in [3.8, 4) is 0 Å². The first-order chi connectivity index (χ1) is 8.94. The first kappa shape index (κ1) is 15.6. The molecule has 0 aromatic carbocycles. The molecule has 1 heterocycles. The highest BCUT2D eigenvalue weighted by Gasteiger charge is 2.27. The van der Waals surface area contributed by atoms with E-state index in [0.29, 0.717) is 11.6 Å². The van der Waals surface area contributed by atoms with Crippen molar-refractivity contribution in [2.75, 3.05) is 18.6 Å². The van der Waals surface area contributed by atoms with Crippen molar-refractivity contribution in [3.05, 3.63) is 17.6 Å². The van der Waals surface area contributed by atoms with E-state index in [2.05, 4.69) is 20.1 Å². The zero-order valence-electron chi connectivity index (χ0n) is 10.6. The fraction of sp³-hybridized carbons (Fsp3) is 0.636. The van der Waals surface area contributed by atoms with E-state index in [0.717, 1.165) is 18.5 Å². The van der Waals surface area contributed by atoms with Gasteiger partial charge < -0.3 is 10.2 Å². The molecule has 108 valence electrons. The van der Waals surface area contributed by atoms with Crippen LogP contribution in [0.5, 0.6) is 0 Å². The van der Waals surface area contributed by atoms with Gasteiger partial charge in [-0.05, 0) is 6.42 Å². The van der Waals surface area contributed by atoms with Crippen molar-refractivity contribution >= 4 is 5.82 Å². The quantitative estimate of drug-likeness (QED) is 0.452. The second-order valence-corrected chi connectivity index (χ2v) is 3.97. The molecule has 5 nitrogen and oxygen atoms in total. The number of alkyl halides is 3. The van der Waals surface area contributed by atoms with Crippen LogP contribution in [0.3, 0.4) is 0 Å². The highest BCUT2D eigenvalue weighted by atomic mass is 19.4. The minimum Gasteiger partial charge on any atom is -0.372 e. The number of hydrogen-bond acceptors (Lipinski definition) is 5. The molecule has 3 N–H and O–H groups in total. The third-order valence-electron chi connectivity index (χ3n) is 2.22. The third-order valence-corrected chi connectivity index (χ3v) is 2.22. The van der Waals surface area contributed by atoms with E-state index in [-0.39, 0.29) is 13.0 Å². The number of hydrazine groups is 1. The monoisotopic (exact) mass is 278 g/mol. The van der Waals surface area contributed by atoms with Crippen molar-refractivity contribution in [1.29, 1.82) is 0 Å². The van der Waals surface area contributed by atoms with Crippen LogP contribution in [-0.2, 0) is 17.6 Å². The lowest BCUT2D eigenvalue weighted by Crippen LogP contribution is -2.18. The Morgan fingerprint density at radius 2 is 2.05 bits per heavy atom. The van der Waals surface area contributed by atoms with Crippen LogP contribution in [-0.4, -0.2) is 29.4 Å². The summed E-state index contributed by atoms with van der Waals surface area (Å²) in [6, 6.07) is 1.71.